The second kappa shape index (κ2) is 11.9. The number of methoxy groups -OCH3 is 1. The molecule has 12 heteroatoms. The summed E-state index contributed by atoms with van der Waals surface area (Å²) in [5.41, 5.74) is 2.77. The molecule has 1 fully saturated rings. The molecule has 2 aromatic carbocycles. The van der Waals surface area contributed by atoms with Crippen LogP contribution in [0.2, 0.25) is 5.02 Å². The lowest BCUT2D eigenvalue weighted by atomic mass is 9.68. The van der Waals surface area contributed by atoms with E-state index in [9.17, 15) is 23.1 Å². The lowest BCUT2D eigenvalue weighted by Crippen LogP contribution is -2.50. The van der Waals surface area contributed by atoms with Gasteiger partial charge in [-0.3, -0.25) is 9.69 Å². The fraction of sp³-hybridized carbons (Fsp3) is 0.500. The van der Waals surface area contributed by atoms with Gasteiger partial charge in [0.05, 0.1) is 23.3 Å². The number of ether oxygens (including phenoxy) is 2. The molecule has 10 nitrogen and oxygen atoms in total. The zero-order valence-electron chi connectivity index (χ0n) is 24.9. The highest BCUT2D eigenvalue weighted by Crippen LogP contribution is 2.47. The first-order valence-corrected chi connectivity index (χ1v) is 16.9. The zero-order chi connectivity index (χ0) is 31.2. The van der Waals surface area contributed by atoms with Crippen LogP contribution in [0.15, 0.2) is 53.4 Å². The molecule has 5 atom stereocenters. The summed E-state index contributed by atoms with van der Waals surface area (Å²) < 4.78 is 41.5. The van der Waals surface area contributed by atoms with E-state index in [1.165, 1.54) is 24.1 Å². The molecule has 1 saturated carbocycles. The lowest BCUT2D eigenvalue weighted by Gasteiger charge is -2.46. The number of hydrogen-bond acceptors (Lipinski definition) is 7. The number of carbonyl (C=O) groups is 2. The second-order valence-corrected chi connectivity index (χ2v) is 14.6. The van der Waals surface area contributed by atoms with Gasteiger partial charge in [-0.2, -0.15) is 0 Å². The molecule has 4 aliphatic rings. The SMILES string of the molecule is CO[C@@H]1C=CCN(C(=O)O)[C@H](C)C(=O)NS(=O)(=O)c2ccc3c(c2)N(C[C@@H]2CC[C@H]21)C[C@@]1(CCCc2cc(Cl)ccc21)CO3. The number of sulfonamides is 1. The van der Waals surface area contributed by atoms with E-state index < -0.39 is 28.1 Å². The van der Waals surface area contributed by atoms with Gasteiger partial charge in [0.15, 0.2) is 0 Å². The topological polar surface area (TPSA) is 125 Å². The number of carbonyl (C=O) groups excluding carboxylic acids is 1. The van der Waals surface area contributed by atoms with Gasteiger partial charge >= 0.3 is 6.09 Å². The van der Waals surface area contributed by atoms with Crippen molar-refractivity contribution in [3.05, 3.63) is 64.7 Å². The van der Waals surface area contributed by atoms with Crippen LogP contribution in [0.25, 0.3) is 0 Å². The summed E-state index contributed by atoms with van der Waals surface area (Å²) in [6.07, 6.45) is 6.76. The van der Waals surface area contributed by atoms with Gasteiger partial charge in [0.1, 0.15) is 11.8 Å². The van der Waals surface area contributed by atoms with Crippen LogP contribution in [0.5, 0.6) is 5.75 Å². The first-order valence-electron chi connectivity index (χ1n) is 15.1. The Morgan fingerprint density at radius 3 is 2.75 bits per heavy atom. The van der Waals surface area contributed by atoms with Gasteiger partial charge in [0.25, 0.3) is 15.9 Å². The molecule has 44 heavy (non-hydrogen) atoms. The van der Waals surface area contributed by atoms with Crippen LogP contribution < -0.4 is 14.4 Å². The Morgan fingerprint density at radius 1 is 1.20 bits per heavy atom. The quantitative estimate of drug-likeness (QED) is 0.432. The van der Waals surface area contributed by atoms with Crippen molar-refractivity contribution in [3.63, 3.8) is 0 Å². The Kier molecular flexibility index (Phi) is 8.32. The van der Waals surface area contributed by atoms with E-state index in [-0.39, 0.29) is 34.8 Å². The summed E-state index contributed by atoms with van der Waals surface area (Å²) in [7, 11) is -2.67. The number of halogens is 1. The Bertz CT molecular complexity index is 1600. The first kappa shape index (κ1) is 30.7. The van der Waals surface area contributed by atoms with Gasteiger partial charge in [0, 0.05) is 37.2 Å². The number of amides is 2. The molecular weight excluding hydrogens is 606 g/mol. The van der Waals surface area contributed by atoms with Gasteiger partial charge in [-0.05, 0) is 92.3 Å². The maximum atomic E-state index is 13.5. The number of aryl methyl sites for hydroxylation is 1. The monoisotopic (exact) mass is 643 g/mol. The van der Waals surface area contributed by atoms with Crippen LogP contribution in [0.1, 0.15) is 43.7 Å². The van der Waals surface area contributed by atoms with Gasteiger partial charge in [-0.15, -0.1) is 0 Å². The van der Waals surface area contributed by atoms with Crippen LogP contribution in [0.3, 0.4) is 0 Å². The second-order valence-electron chi connectivity index (χ2n) is 12.4. The largest absolute Gasteiger partial charge is 0.490 e. The van der Waals surface area contributed by atoms with Crippen LogP contribution in [-0.4, -0.2) is 75.9 Å². The van der Waals surface area contributed by atoms with Crippen molar-refractivity contribution in [3.8, 4) is 5.75 Å². The third-order valence-corrected chi connectivity index (χ3v) is 11.5. The van der Waals surface area contributed by atoms with Crippen LogP contribution in [0.4, 0.5) is 10.5 Å². The number of hydrogen-bond donors (Lipinski definition) is 2. The van der Waals surface area contributed by atoms with Crippen molar-refractivity contribution in [1.29, 1.82) is 0 Å². The predicted molar refractivity (Wildman–Crippen MR) is 166 cm³/mol. The zero-order valence-corrected chi connectivity index (χ0v) is 26.4. The molecule has 0 aromatic heterocycles. The molecule has 2 aliphatic carbocycles. The molecule has 6 rings (SSSR count). The maximum Gasteiger partial charge on any atom is 0.408 e. The number of benzene rings is 2. The molecular formula is C32H38ClN3O7S. The molecule has 2 amide bonds. The summed E-state index contributed by atoms with van der Waals surface area (Å²) in [6.45, 7) is 3.01. The molecule has 1 spiro atoms. The third-order valence-electron chi connectivity index (χ3n) is 9.90. The smallest absolute Gasteiger partial charge is 0.408 e. The van der Waals surface area contributed by atoms with Crippen molar-refractivity contribution in [2.75, 3.05) is 38.3 Å². The molecule has 236 valence electrons. The van der Waals surface area contributed by atoms with Gasteiger partial charge < -0.3 is 19.5 Å². The summed E-state index contributed by atoms with van der Waals surface area (Å²) in [5.74, 6) is 0.0906. The first-order chi connectivity index (χ1) is 21.0. The molecule has 0 unspecified atom stereocenters. The van der Waals surface area contributed by atoms with Crippen molar-refractivity contribution in [2.24, 2.45) is 11.8 Å². The van der Waals surface area contributed by atoms with Gasteiger partial charge in [-0.25, -0.2) is 17.9 Å². The minimum atomic E-state index is -4.32. The van der Waals surface area contributed by atoms with E-state index in [0.717, 1.165) is 37.0 Å². The molecule has 0 radical (unpaired) electrons. The maximum absolute atomic E-state index is 13.5. The fourth-order valence-corrected chi connectivity index (χ4v) is 8.58. The molecule has 0 saturated heterocycles. The average molecular weight is 644 g/mol. The number of fused-ring (bicyclic) bond motifs is 4. The number of nitrogens with one attached hydrogen (secondary N) is 1. The van der Waals surface area contributed by atoms with E-state index in [1.807, 2.05) is 18.2 Å². The molecule has 2 aliphatic heterocycles. The summed E-state index contributed by atoms with van der Waals surface area (Å²) >= 11 is 6.38. The highest BCUT2D eigenvalue weighted by molar-refractivity contribution is 7.90. The Labute approximate surface area is 263 Å². The summed E-state index contributed by atoms with van der Waals surface area (Å²) in [5, 5.41) is 10.5. The Balaban J connectivity index is 1.44. The lowest BCUT2D eigenvalue weighted by molar-refractivity contribution is -0.123. The Hall–Kier alpha value is -3.28. The van der Waals surface area contributed by atoms with E-state index >= 15 is 0 Å². The standard InChI is InChI=1S/C32H38ClN3O7S/c1-20-30(37)34-44(40,41)24-9-12-29-27(16-24)35(17-22-7-10-25(22)28(42-2)6-4-14-36(20)31(38)39)18-32(19-43-29)13-3-5-21-15-23(33)8-11-26(21)32/h4,6,8-9,11-12,15-16,20,22,25,28H,3,5,7,10,13-14,17-19H2,1-2H3,(H,34,37)(H,38,39)/t20-,22+,25-,28-,32+/m1/s1. The number of rotatable bonds is 1. The van der Waals surface area contributed by atoms with Crippen molar-refractivity contribution in [1.82, 2.24) is 9.62 Å². The van der Waals surface area contributed by atoms with E-state index in [1.54, 1.807) is 25.3 Å². The highest BCUT2D eigenvalue weighted by atomic mass is 35.5. The van der Waals surface area contributed by atoms with E-state index in [2.05, 4.69) is 15.7 Å². The highest BCUT2D eigenvalue weighted by Gasteiger charge is 2.44. The molecule has 2 aromatic rings. The fourth-order valence-electron chi connectivity index (χ4n) is 7.32. The number of nitrogens with zero attached hydrogens (tertiary/aromatic N) is 2. The van der Waals surface area contributed by atoms with Crippen LogP contribution in [0, 0.1) is 11.8 Å². The van der Waals surface area contributed by atoms with Crippen molar-refractivity contribution < 1.29 is 32.6 Å². The summed E-state index contributed by atoms with van der Waals surface area (Å²) in [4.78, 5) is 28.1. The van der Waals surface area contributed by atoms with Gasteiger partial charge in [-0.1, -0.05) is 29.8 Å². The summed E-state index contributed by atoms with van der Waals surface area (Å²) in [6, 6.07) is 9.48. The van der Waals surface area contributed by atoms with E-state index in [4.69, 9.17) is 21.1 Å². The number of carboxylic acid groups (broad SMARTS) is 1. The van der Waals surface area contributed by atoms with Crippen molar-refractivity contribution >= 4 is 39.3 Å². The van der Waals surface area contributed by atoms with Gasteiger partial charge in [0.2, 0.25) is 0 Å². The molecule has 2 N–H and O–H groups in total. The average Bonchev–Trinajstić information content (AvgIpc) is 3.12. The van der Waals surface area contributed by atoms with Crippen molar-refractivity contribution in [2.45, 2.75) is 61.5 Å². The van der Waals surface area contributed by atoms with E-state index in [0.29, 0.717) is 36.2 Å². The minimum absolute atomic E-state index is 0.0878. The Morgan fingerprint density at radius 2 is 2.02 bits per heavy atom. The van der Waals surface area contributed by atoms with Crippen LogP contribution >= 0.6 is 11.6 Å². The minimum Gasteiger partial charge on any atom is -0.490 e. The van der Waals surface area contributed by atoms with Crippen LogP contribution in [-0.2, 0) is 31.4 Å². The predicted octanol–water partition coefficient (Wildman–Crippen LogP) is 4.60. The number of anilines is 1. The molecule has 2 bridgehead atoms. The molecule has 2 heterocycles. The third kappa shape index (κ3) is 5.65. The normalized spacial score (nSPS) is 29.8.